The first-order chi connectivity index (χ1) is 9.60. The molecular formula is C16H23NO3. The zero-order valence-corrected chi connectivity index (χ0v) is 12.2. The number of carbonyl (C=O) groups excluding carboxylic acids is 1. The van der Waals surface area contributed by atoms with E-state index >= 15 is 0 Å². The van der Waals surface area contributed by atoms with E-state index in [4.69, 9.17) is 4.74 Å². The molecule has 4 nitrogen and oxygen atoms in total. The summed E-state index contributed by atoms with van der Waals surface area (Å²) in [4.78, 5) is 14.4. The van der Waals surface area contributed by atoms with Gasteiger partial charge in [0.05, 0.1) is 18.8 Å². The zero-order chi connectivity index (χ0) is 14.5. The second kappa shape index (κ2) is 6.97. The summed E-state index contributed by atoms with van der Waals surface area (Å²) in [6.45, 7) is 6.23. The third kappa shape index (κ3) is 3.88. The summed E-state index contributed by atoms with van der Waals surface area (Å²) in [5.41, 5.74) is 1.84. The minimum absolute atomic E-state index is 0.0343. The average Bonchev–Trinajstić information content (AvgIpc) is 2.44. The topological polar surface area (TPSA) is 49.8 Å². The minimum atomic E-state index is -0.132. The summed E-state index contributed by atoms with van der Waals surface area (Å²) in [7, 11) is 0. The smallest absolute Gasteiger partial charge is 0.164 e. The predicted octanol–water partition coefficient (Wildman–Crippen LogP) is 1.65. The molecule has 0 aromatic heterocycles. The second-order valence-electron chi connectivity index (χ2n) is 5.50. The lowest BCUT2D eigenvalue weighted by molar-refractivity contribution is -0.0947. The summed E-state index contributed by atoms with van der Waals surface area (Å²) in [5, 5.41) is 9.20. The summed E-state index contributed by atoms with van der Waals surface area (Å²) in [6.07, 6.45) is 0.484. The fraction of sp³-hybridized carbons (Fsp3) is 0.562. The molecule has 0 amide bonds. The van der Waals surface area contributed by atoms with E-state index < -0.39 is 0 Å². The van der Waals surface area contributed by atoms with Gasteiger partial charge in [0.2, 0.25) is 0 Å². The molecule has 110 valence electrons. The van der Waals surface area contributed by atoms with E-state index in [1.54, 1.807) is 0 Å². The van der Waals surface area contributed by atoms with Crippen LogP contribution in [0.1, 0.15) is 29.3 Å². The van der Waals surface area contributed by atoms with Crippen LogP contribution in [0.25, 0.3) is 0 Å². The van der Waals surface area contributed by atoms with Gasteiger partial charge in [-0.25, -0.2) is 0 Å². The van der Waals surface area contributed by atoms with Crippen molar-refractivity contribution in [2.45, 2.75) is 32.5 Å². The molecule has 1 fully saturated rings. The van der Waals surface area contributed by atoms with Crippen LogP contribution in [0.2, 0.25) is 0 Å². The Morgan fingerprint density at radius 3 is 2.85 bits per heavy atom. The molecule has 20 heavy (non-hydrogen) atoms. The van der Waals surface area contributed by atoms with Gasteiger partial charge in [0, 0.05) is 31.6 Å². The number of ether oxygens (including phenoxy) is 1. The van der Waals surface area contributed by atoms with E-state index in [1.807, 2.05) is 38.1 Å². The largest absolute Gasteiger partial charge is 0.394 e. The summed E-state index contributed by atoms with van der Waals surface area (Å²) in [6, 6.07) is 7.70. The van der Waals surface area contributed by atoms with Crippen LogP contribution in [-0.2, 0) is 4.74 Å². The summed E-state index contributed by atoms with van der Waals surface area (Å²) >= 11 is 0. The Bertz CT molecular complexity index is 461. The third-order valence-electron chi connectivity index (χ3n) is 3.71. The van der Waals surface area contributed by atoms with Gasteiger partial charge in [-0.3, -0.25) is 9.69 Å². The fourth-order valence-corrected chi connectivity index (χ4v) is 2.70. The van der Waals surface area contributed by atoms with Crippen molar-refractivity contribution in [3.8, 4) is 0 Å². The lowest BCUT2D eigenvalue weighted by Gasteiger charge is -2.35. The molecule has 2 rings (SSSR count). The van der Waals surface area contributed by atoms with Gasteiger partial charge in [0.15, 0.2) is 5.78 Å². The third-order valence-corrected chi connectivity index (χ3v) is 3.71. The monoisotopic (exact) mass is 277 g/mol. The van der Waals surface area contributed by atoms with Crippen molar-refractivity contribution in [2.75, 3.05) is 26.2 Å². The van der Waals surface area contributed by atoms with Gasteiger partial charge < -0.3 is 9.84 Å². The number of hydrogen-bond acceptors (Lipinski definition) is 4. The Morgan fingerprint density at radius 2 is 2.15 bits per heavy atom. The maximum atomic E-state index is 12.2. The number of aryl methyl sites for hydroxylation is 1. The minimum Gasteiger partial charge on any atom is -0.394 e. The van der Waals surface area contributed by atoms with E-state index in [0.29, 0.717) is 13.0 Å². The van der Waals surface area contributed by atoms with Crippen LogP contribution < -0.4 is 0 Å². The molecule has 1 saturated heterocycles. The lowest BCUT2D eigenvalue weighted by atomic mass is 10.0. The fourth-order valence-electron chi connectivity index (χ4n) is 2.70. The van der Waals surface area contributed by atoms with Crippen LogP contribution in [0.5, 0.6) is 0 Å². The molecule has 2 unspecified atom stereocenters. The van der Waals surface area contributed by atoms with Crippen molar-refractivity contribution in [1.29, 1.82) is 0 Å². The van der Waals surface area contributed by atoms with Crippen LogP contribution in [0, 0.1) is 6.92 Å². The van der Waals surface area contributed by atoms with Crippen molar-refractivity contribution >= 4 is 5.78 Å². The van der Waals surface area contributed by atoms with Gasteiger partial charge in [-0.2, -0.15) is 0 Å². The number of rotatable bonds is 5. The number of Topliss-reactive ketones (excluding diaryl/α,β-unsaturated/α-hetero) is 1. The standard InChI is InChI=1S/C16H23NO3/c1-12-5-3-4-6-15(12)16(19)7-8-17-9-13(2)20-14(10-17)11-18/h3-6,13-14,18H,7-11H2,1-2H3. The molecule has 0 radical (unpaired) electrons. The van der Waals surface area contributed by atoms with E-state index in [-0.39, 0.29) is 24.6 Å². The van der Waals surface area contributed by atoms with Crippen molar-refractivity contribution in [1.82, 2.24) is 4.90 Å². The van der Waals surface area contributed by atoms with Crippen molar-refractivity contribution < 1.29 is 14.6 Å². The Kier molecular flexibility index (Phi) is 5.29. The Labute approximate surface area is 120 Å². The molecule has 4 heteroatoms. The SMILES string of the molecule is Cc1ccccc1C(=O)CCN1CC(C)OC(CO)C1. The van der Waals surface area contributed by atoms with Gasteiger partial charge in [-0.1, -0.05) is 24.3 Å². The van der Waals surface area contributed by atoms with Gasteiger partial charge >= 0.3 is 0 Å². The average molecular weight is 277 g/mol. The molecule has 0 saturated carbocycles. The first kappa shape index (κ1) is 15.2. The summed E-state index contributed by atoms with van der Waals surface area (Å²) < 4.78 is 5.60. The molecule has 0 spiro atoms. The number of nitrogens with zero attached hydrogens (tertiary/aromatic N) is 1. The maximum Gasteiger partial charge on any atom is 0.164 e. The number of carbonyl (C=O) groups is 1. The van der Waals surface area contributed by atoms with Crippen molar-refractivity contribution in [3.05, 3.63) is 35.4 Å². The normalized spacial score (nSPS) is 23.8. The number of aliphatic hydroxyl groups excluding tert-OH is 1. The molecule has 1 aliphatic heterocycles. The Balaban J connectivity index is 1.89. The Morgan fingerprint density at radius 1 is 1.40 bits per heavy atom. The van der Waals surface area contributed by atoms with Crippen LogP contribution in [0.4, 0.5) is 0 Å². The second-order valence-corrected chi connectivity index (χ2v) is 5.50. The number of benzene rings is 1. The van der Waals surface area contributed by atoms with Gasteiger partial charge in [0.25, 0.3) is 0 Å². The van der Waals surface area contributed by atoms with E-state index in [1.165, 1.54) is 0 Å². The van der Waals surface area contributed by atoms with Crippen LogP contribution in [0.3, 0.4) is 0 Å². The molecule has 1 aromatic carbocycles. The van der Waals surface area contributed by atoms with Crippen LogP contribution in [-0.4, -0.2) is 54.2 Å². The highest BCUT2D eigenvalue weighted by Crippen LogP contribution is 2.14. The predicted molar refractivity (Wildman–Crippen MR) is 78.0 cm³/mol. The van der Waals surface area contributed by atoms with Gasteiger partial charge in [-0.15, -0.1) is 0 Å². The van der Waals surface area contributed by atoms with Gasteiger partial charge in [-0.05, 0) is 19.4 Å². The van der Waals surface area contributed by atoms with E-state index in [9.17, 15) is 9.90 Å². The first-order valence-corrected chi connectivity index (χ1v) is 7.17. The first-order valence-electron chi connectivity index (χ1n) is 7.17. The molecule has 2 atom stereocenters. The quantitative estimate of drug-likeness (QED) is 0.831. The maximum absolute atomic E-state index is 12.2. The number of aliphatic hydroxyl groups is 1. The Hall–Kier alpha value is -1.23. The van der Waals surface area contributed by atoms with Crippen molar-refractivity contribution in [3.63, 3.8) is 0 Å². The summed E-state index contributed by atoms with van der Waals surface area (Å²) in [5.74, 6) is 0.183. The highest BCUT2D eigenvalue weighted by Gasteiger charge is 2.24. The highest BCUT2D eigenvalue weighted by atomic mass is 16.5. The molecule has 0 aliphatic carbocycles. The molecule has 0 bridgehead atoms. The van der Waals surface area contributed by atoms with Gasteiger partial charge in [0.1, 0.15) is 0 Å². The molecule has 1 heterocycles. The van der Waals surface area contributed by atoms with Crippen LogP contribution in [0.15, 0.2) is 24.3 Å². The van der Waals surface area contributed by atoms with Crippen LogP contribution >= 0.6 is 0 Å². The number of morpholine rings is 1. The highest BCUT2D eigenvalue weighted by molar-refractivity contribution is 5.97. The van der Waals surface area contributed by atoms with E-state index in [2.05, 4.69) is 4.90 Å². The van der Waals surface area contributed by atoms with Crippen molar-refractivity contribution in [2.24, 2.45) is 0 Å². The molecule has 1 aliphatic rings. The number of hydrogen-bond donors (Lipinski definition) is 1. The van der Waals surface area contributed by atoms with E-state index in [0.717, 1.165) is 24.2 Å². The molecular weight excluding hydrogens is 254 g/mol. The number of ketones is 1. The molecule has 1 aromatic rings. The lowest BCUT2D eigenvalue weighted by Crippen LogP contribution is -2.48. The molecule has 1 N–H and O–H groups in total. The zero-order valence-electron chi connectivity index (χ0n) is 12.2.